The Hall–Kier alpha value is -2.25. The van der Waals surface area contributed by atoms with Crippen LogP contribution in [0.5, 0.6) is 5.75 Å². The molecule has 2 rings (SSSR count). The van der Waals surface area contributed by atoms with Crippen molar-refractivity contribution in [1.82, 2.24) is 0 Å². The molecule has 170 valence electrons. The average Bonchev–Trinajstić information content (AvgIpc) is 2.92. The maximum absolute atomic E-state index is 12.0. The van der Waals surface area contributed by atoms with Crippen LogP contribution in [0.1, 0.15) is 66.9 Å². The topological polar surface area (TPSA) is 74.2 Å². The van der Waals surface area contributed by atoms with Gasteiger partial charge in [-0.1, -0.05) is 32.0 Å². The summed E-state index contributed by atoms with van der Waals surface area (Å²) < 4.78 is 23.5. The molecule has 1 fully saturated rings. The molecule has 1 aliphatic heterocycles. The lowest BCUT2D eigenvalue weighted by Gasteiger charge is -2.32. The standard InChI is InChI=1S/C24H35BO6/c1-8-18(29-21-14-12-11-13-17(21)15-22(27)28-10-3)16-19(20(26)9-2)25-30-23(4,5)24(6,7)31-25/h11-14,16,26H,8-10,15H2,1-7H3/b18-16?,20-19-. The molecule has 0 saturated carbocycles. The molecule has 0 spiro atoms. The molecular formula is C24H35BO6. The number of carbonyl (C=O) groups is 1. The molecule has 0 aromatic heterocycles. The number of esters is 1. The van der Waals surface area contributed by atoms with Crippen LogP contribution in [0.3, 0.4) is 0 Å². The van der Waals surface area contributed by atoms with Gasteiger partial charge in [0.1, 0.15) is 11.5 Å². The second-order valence-electron chi connectivity index (χ2n) is 8.50. The molecule has 0 bridgehead atoms. The third-order valence-corrected chi connectivity index (χ3v) is 5.69. The van der Waals surface area contributed by atoms with Crippen molar-refractivity contribution in [3.63, 3.8) is 0 Å². The first-order valence-electron chi connectivity index (χ1n) is 10.9. The first-order valence-corrected chi connectivity index (χ1v) is 10.9. The van der Waals surface area contributed by atoms with Crippen molar-refractivity contribution in [1.29, 1.82) is 0 Å². The zero-order valence-electron chi connectivity index (χ0n) is 19.8. The number of aliphatic hydroxyl groups excluding tert-OH is 1. The number of aliphatic hydroxyl groups is 1. The first kappa shape index (κ1) is 25.0. The average molecular weight is 430 g/mol. The quantitative estimate of drug-likeness (QED) is 0.247. The van der Waals surface area contributed by atoms with Crippen LogP contribution in [0.15, 0.2) is 47.3 Å². The normalized spacial score (nSPS) is 18.5. The van der Waals surface area contributed by atoms with Crippen molar-refractivity contribution in [2.75, 3.05) is 6.61 Å². The molecule has 1 aliphatic rings. The fraction of sp³-hybridized carbons (Fsp3) is 0.542. The lowest BCUT2D eigenvalue weighted by Crippen LogP contribution is -2.41. The van der Waals surface area contributed by atoms with Crippen LogP contribution in [0, 0.1) is 0 Å². The van der Waals surface area contributed by atoms with Gasteiger partial charge in [0.2, 0.25) is 0 Å². The van der Waals surface area contributed by atoms with Gasteiger partial charge in [0.05, 0.1) is 30.0 Å². The number of benzene rings is 1. The van der Waals surface area contributed by atoms with Gasteiger partial charge in [-0.05, 0) is 46.8 Å². The highest BCUT2D eigenvalue weighted by Gasteiger charge is 2.52. The van der Waals surface area contributed by atoms with Gasteiger partial charge in [-0.15, -0.1) is 0 Å². The Labute approximate surface area is 186 Å². The summed E-state index contributed by atoms with van der Waals surface area (Å²) in [5.41, 5.74) is 0.233. The molecule has 1 aromatic carbocycles. The van der Waals surface area contributed by atoms with Gasteiger partial charge in [-0.2, -0.15) is 0 Å². The van der Waals surface area contributed by atoms with Crippen LogP contribution in [0.25, 0.3) is 0 Å². The van der Waals surface area contributed by atoms with Crippen molar-refractivity contribution in [3.8, 4) is 5.75 Å². The lowest BCUT2D eigenvalue weighted by atomic mass is 9.76. The summed E-state index contributed by atoms with van der Waals surface area (Å²) in [6.45, 7) is 13.8. The summed E-state index contributed by atoms with van der Waals surface area (Å²) in [6.07, 6.45) is 2.92. The molecule has 0 amide bonds. The van der Waals surface area contributed by atoms with E-state index in [-0.39, 0.29) is 18.1 Å². The molecule has 0 radical (unpaired) electrons. The summed E-state index contributed by atoms with van der Waals surface area (Å²) in [7, 11) is -0.704. The van der Waals surface area contributed by atoms with Crippen molar-refractivity contribution in [2.45, 2.75) is 78.9 Å². The van der Waals surface area contributed by atoms with Crippen molar-refractivity contribution in [2.24, 2.45) is 0 Å². The van der Waals surface area contributed by atoms with Crippen molar-refractivity contribution in [3.05, 3.63) is 52.9 Å². The molecule has 0 atom stereocenters. The second kappa shape index (κ2) is 10.4. The van der Waals surface area contributed by atoms with Gasteiger partial charge in [0, 0.05) is 23.9 Å². The van der Waals surface area contributed by atoms with E-state index in [2.05, 4.69) is 0 Å². The number of rotatable bonds is 9. The lowest BCUT2D eigenvalue weighted by molar-refractivity contribution is -0.142. The van der Waals surface area contributed by atoms with E-state index in [1.54, 1.807) is 13.0 Å². The van der Waals surface area contributed by atoms with Gasteiger partial charge in [0.15, 0.2) is 0 Å². The minimum absolute atomic E-state index is 0.126. The van der Waals surface area contributed by atoms with Crippen LogP contribution in [-0.2, 0) is 25.3 Å². The van der Waals surface area contributed by atoms with Crippen LogP contribution in [0.2, 0.25) is 0 Å². The van der Waals surface area contributed by atoms with Crippen LogP contribution >= 0.6 is 0 Å². The van der Waals surface area contributed by atoms with E-state index < -0.39 is 18.3 Å². The molecule has 1 heterocycles. The number of para-hydroxylation sites is 1. The number of ether oxygens (including phenoxy) is 2. The van der Waals surface area contributed by atoms with Gasteiger partial charge in [-0.25, -0.2) is 0 Å². The number of allylic oxidation sites excluding steroid dienone is 4. The number of hydrogen-bond acceptors (Lipinski definition) is 6. The smallest absolute Gasteiger partial charge is 0.498 e. The minimum atomic E-state index is -0.704. The van der Waals surface area contributed by atoms with Gasteiger partial charge in [-0.3, -0.25) is 4.79 Å². The summed E-state index contributed by atoms with van der Waals surface area (Å²) in [5, 5.41) is 10.6. The van der Waals surface area contributed by atoms with E-state index in [0.29, 0.717) is 36.4 Å². The fourth-order valence-corrected chi connectivity index (χ4v) is 3.10. The highest BCUT2D eigenvalue weighted by Crippen LogP contribution is 2.39. The Morgan fingerprint density at radius 2 is 1.68 bits per heavy atom. The minimum Gasteiger partial charge on any atom is -0.513 e. The Kier molecular flexibility index (Phi) is 8.38. The zero-order chi connectivity index (χ0) is 23.2. The van der Waals surface area contributed by atoms with E-state index in [0.717, 1.165) is 5.56 Å². The van der Waals surface area contributed by atoms with E-state index in [9.17, 15) is 9.90 Å². The van der Waals surface area contributed by atoms with E-state index in [4.69, 9.17) is 18.8 Å². The highest BCUT2D eigenvalue weighted by molar-refractivity contribution is 6.55. The number of carbonyl (C=O) groups excluding carboxylic acids is 1. The van der Waals surface area contributed by atoms with E-state index in [1.807, 2.05) is 65.8 Å². The maximum atomic E-state index is 12.0. The van der Waals surface area contributed by atoms with Crippen LogP contribution in [0.4, 0.5) is 0 Å². The maximum Gasteiger partial charge on any atom is 0.498 e. The molecule has 6 nitrogen and oxygen atoms in total. The summed E-state index contributed by atoms with van der Waals surface area (Å²) in [6, 6.07) is 7.37. The Morgan fingerprint density at radius 1 is 1.06 bits per heavy atom. The Balaban J connectivity index is 2.34. The van der Waals surface area contributed by atoms with Gasteiger partial charge in [0.25, 0.3) is 0 Å². The van der Waals surface area contributed by atoms with Crippen LogP contribution in [-0.4, -0.2) is 36.0 Å². The van der Waals surface area contributed by atoms with E-state index >= 15 is 0 Å². The molecule has 1 N–H and O–H groups in total. The Morgan fingerprint density at radius 3 is 2.23 bits per heavy atom. The molecule has 7 heteroatoms. The number of hydrogen-bond donors (Lipinski definition) is 1. The fourth-order valence-electron chi connectivity index (χ4n) is 3.10. The second-order valence-corrected chi connectivity index (χ2v) is 8.50. The molecule has 1 aromatic rings. The van der Waals surface area contributed by atoms with Gasteiger partial charge < -0.3 is 23.9 Å². The van der Waals surface area contributed by atoms with Crippen molar-refractivity contribution >= 4 is 13.1 Å². The summed E-state index contributed by atoms with van der Waals surface area (Å²) in [5.74, 6) is 1.09. The Bertz CT molecular complexity index is 824. The predicted octanol–water partition coefficient (Wildman–Crippen LogP) is 5.32. The summed E-state index contributed by atoms with van der Waals surface area (Å²) in [4.78, 5) is 12.0. The third kappa shape index (κ3) is 6.14. The largest absolute Gasteiger partial charge is 0.513 e. The SMILES string of the molecule is CCOC(=O)Cc1ccccc1OC(=C/C(B1OC(C)(C)C(C)(C)O1)=C(/O)CC)CC. The van der Waals surface area contributed by atoms with Crippen molar-refractivity contribution < 1.29 is 28.7 Å². The monoisotopic (exact) mass is 430 g/mol. The first-order chi connectivity index (χ1) is 14.5. The summed E-state index contributed by atoms with van der Waals surface area (Å²) >= 11 is 0. The molecule has 0 unspecified atom stereocenters. The van der Waals surface area contributed by atoms with Crippen LogP contribution < -0.4 is 4.74 Å². The zero-order valence-corrected chi connectivity index (χ0v) is 19.8. The molecule has 1 saturated heterocycles. The van der Waals surface area contributed by atoms with Gasteiger partial charge >= 0.3 is 13.1 Å². The highest BCUT2D eigenvalue weighted by atomic mass is 16.7. The van der Waals surface area contributed by atoms with E-state index in [1.165, 1.54) is 0 Å². The molecule has 0 aliphatic carbocycles. The molecule has 31 heavy (non-hydrogen) atoms. The third-order valence-electron chi connectivity index (χ3n) is 5.69. The predicted molar refractivity (Wildman–Crippen MR) is 122 cm³/mol. The molecular weight excluding hydrogens is 395 g/mol.